The second kappa shape index (κ2) is 3.63. The maximum atomic E-state index is 4.89. The van der Waals surface area contributed by atoms with Crippen molar-refractivity contribution in [3.05, 3.63) is 5.92 Å². The van der Waals surface area contributed by atoms with Gasteiger partial charge in [0.05, 0.1) is 0 Å². The fourth-order valence-corrected chi connectivity index (χ4v) is 0.451. The molecule has 0 saturated carbocycles. The van der Waals surface area contributed by atoms with Gasteiger partial charge in [-0.05, 0) is 0 Å². The summed E-state index contributed by atoms with van der Waals surface area (Å²) in [6, 6.07) is 0. The molecule has 0 spiro atoms. The third-order valence-corrected chi connectivity index (χ3v) is 1.11. The van der Waals surface area contributed by atoms with E-state index < -0.39 is 0 Å². The largest absolute Gasteiger partial charge is 0.444 e. The summed E-state index contributed by atoms with van der Waals surface area (Å²) in [7, 11) is 0. The fraction of sp³-hybridized carbons (Fsp3) is 0.800. The molecule has 1 fully saturated rings. The zero-order valence-corrected chi connectivity index (χ0v) is 7.37. The van der Waals surface area contributed by atoms with E-state index in [9.17, 15) is 0 Å². The Morgan fingerprint density at radius 1 is 1.57 bits per heavy atom. The maximum Gasteiger partial charge on any atom is 0 e. The van der Waals surface area contributed by atoms with Gasteiger partial charge in [-0.25, -0.2) is 0 Å². The Bertz CT molecular complexity index is 40.6. The minimum Gasteiger partial charge on any atom is -0.444 e. The Kier molecular flexibility index (Phi) is 3.96. The minimum atomic E-state index is 0. The molecule has 1 heterocycles. The van der Waals surface area contributed by atoms with E-state index in [0.717, 1.165) is 13.2 Å². The molecule has 0 aromatic rings. The summed E-state index contributed by atoms with van der Waals surface area (Å²) in [5.41, 5.74) is 0. The molecule has 42 valence electrons. The van der Waals surface area contributed by atoms with Gasteiger partial charge in [0.15, 0.2) is 0 Å². The Hall–Kier alpha value is 0.648. The van der Waals surface area contributed by atoms with E-state index in [1.54, 1.807) is 5.92 Å². The molecule has 0 aromatic carbocycles. The van der Waals surface area contributed by atoms with Crippen molar-refractivity contribution < 1.29 is 25.8 Å². The molecule has 2 heteroatoms. The molecular weight excluding hydrogens is 260 g/mol. The average Bonchev–Trinajstić information content (AvgIpc) is 1.31. The third-order valence-electron chi connectivity index (χ3n) is 1.11. The number of hydrogen-bond acceptors (Lipinski definition) is 1. The number of rotatable bonds is 1. The van der Waals surface area contributed by atoms with Crippen LogP contribution in [-0.4, -0.2) is 13.2 Å². The zero-order valence-electron chi connectivity index (χ0n) is 4.44. The molecule has 1 aliphatic heterocycles. The second-order valence-electron chi connectivity index (χ2n) is 1.60. The van der Waals surface area contributed by atoms with E-state index in [1.807, 2.05) is 0 Å². The van der Waals surface area contributed by atoms with Gasteiger partial charge in [0.25, 0.3) is 0 Å². The molecular formula is C5H9OW-. The molecule has 0 atom stereocenters. The predicted molar refractivity (Wildman–Crippen MR) is 24.4 cm³/mol. The van der Waals surface area contributed by atoms with Crippen LogP contribution in [0.25, 0.3) is 0 Å². The smallest absolute Gasteiger partial charge is 0 e. The number of hydrogen-bond donors (Lipinski definition) is 0. The van der Waals surface area contributed by atoms with Crippen molar-refractivity contribution in [2.24, 2.45) is 0 Å². The summed E-state index contributed by atoms with van der Waals surface area (Å²) in [5.74, 6) is 1.55. The van der Waals surface area contributed by atoms with Gasteiger partial charge in [-0.1, -0.05) is 20.1 Å². The second-order valence-corrected chi connectivity index (χ2v) is 1.60. The van der Waals surface area contributed by atoms with E-state index >= 15 is 0 Å². The van der Waals surface area contributed by atoms with E-state index in [2.05, 4.69) is 6.92 Å². The van der Waals surface area contributed by atoms with Crippen LogP contribution in [0.15, 0.2) is 0 Å². The van der Waals surface area contributed by atoms with E-state index in [4.69, 9.17) is 4.74 Å². The Morgan fingerprint density at radius 2 is 2.14 bits per heavy atom. The molecule has 1 nitrogen and oxygen atoms in total. The fourth-order valence-electron chi connectivity index (χ4n) is 0.451. The summed E-state index contributed by atoms with van der Waals surface area (Å²) >= 11 is 0. The molecule has 1 aliphatic rings. The van der Waals surface area contributed by atoms with Crippen molar-refractivity contribution in [1.82, 2.24) is 0 Å². The summed E-state index contributed by atoms with van der Waals surface area (Å²) in [6.45, 7) is 4.02. The Labute approximate surface area is 58.7 Å². The average molecular weight is 269 g/mol. The predicted octanol–water partition coefficient (Wildman–Crippen LogP) is 0.999. The Balaban J connectivity index is 0.000000360. The first-order valence-electron chi connectivity index (χ1n) is 2.35. The standard InChI is InChI=1S/C5H9O.W/c1-2-5-3-6-4-5;/h2-4H2,1H3;/q-1;. The SMILES string of the molecule is CC[C-]1COC1.[W]. The summed E-state index contributed by atoms with van der Waals surface area (Å²) < 4.78 is 4.89. The van der Waals surface area contributed by atoms with Gasteiger partial charge >= 0.3 is 0 Å². The van der Waals surface area contributed by atoms with Crippen molar-refractivity contribution in [3.63, 3.8) is 0 Å². The molecule has 0 radical (unpaired) electrons. The van der Waals surface area contributed by atoms with Gasteiger partial charge in [0, 0.05) is 21.1 Å². The van der Waals surface area contributed by atoms with Crippen LogP contribution in [0.2, 0.25) is 0 Å². The third kappa shape index (κ3) is 1.92. The van der Waals surface area contributed by atoms with Gasteiger partial charge < -0.3 is 4.74 Å². The first-order valence-corrected chi connectivity index (χ1v) is 2.35. The van der Waals surface area contributed by atoms with Gasteiger partial charge in [-0.15, -0.1) is 0 Å². The normalized spacial score (nSPS) is 20.1. The topological polar surface area (TPSA) is 9.23 Å². The molecule has 0 unspecified atom stereocenters. The molecule has 0 aromatic heterocycles. The summed E-state index contributed by atoms with van der Waals surface area (Å²) in [6.07, 6.45) is 1.21. The van der Waals surface area contributed by atoms with Crippen LogP contribution in [0.1, 0.15) is 13.3 Å². The van der Waals surface area contributed by atoms with Gasteiger partial charge in [0.1, 0.15) is 0 Å². The van der Waals surface area contributed by atoms with Crippen molar-refractivity contribution in [1.29, 1.82) is 0 Å². The minimum absolute atomic E-state index is 0. The molecule has 0 bridgehead atoms. The van der Waals surface area contributed by atoms with E-state index in [-0.39, 0.29) is 21.1 Å². The molecule has 0 aliphatic carbocycles. The molecule has 1 rings (SSSR count). The summed E-state index contributed by atoms with van der Waals surface area (Å²) in [4.78, 5) is 0. The first kappa shape index (κ1) is 7.65. The van der Waals surface area contributed by atoms with Crippen LogP contribution in [0, 0.1) is 5.92 Å². The van der Waals surface area contributed by atoms with Gasteiger partial charge in [0.2, 0.25) is 0 Å². The van der Waals surface area contributed by atoms with Crippen molar-refractivity contribution in [3.8, 4) is 0 Å². The molecule has 7 heavy (non-hydrogen) atoms. The molecule has 0 N–H and O–H groups in total. The monoisotopic (exact) mass is 269 g/mol. The zero-order chi connectivity index (χ0) is 4.41. The van der Waals surface area contributed by atoms with Crippen molar-refractivity contribution in [2.75, 3.05) is 13.2 Å². The Morgan fingerprint density at radius 3 is 2.14 bits per heavy atom. The van der Waals surface area contributed by atoms with Crippen LogP contribution < -0.4 is 0 Å². The summed E-state index contributed by atoms with van der Waals surface area (Å²) in [5, 5.41) is 0. The van der Waals surface area contributed by atoms with Crippen molar-refractivity contribution in [2.45, 2.75) is 13.3 Å². The number of ether oxygens (including phenoxy) is 1. The first-order chi connectivity index (χ1) is 2.93. The van der Waals surface area contributed by atoms with Crippen molar-refractivity contribution >= 4 is 0 Å². The van der Waals surface area contributed by atoms with Crippen LogP contribution in [0.3, 0.4) is 0 Å². The maximum absolute atomic E-state index is 4.89. The van der Waals surface area contributed by atoms with Gasteiger partial charge in [-0.3, -0.25) is 5.92 Å². The van der Waals surface area contributed by atoms with Crippen LogP contribution in [0.5, 0.6) is 0 Å². The van der Waals surface area contributed by atoms with Gasteiger partial charge in [-0.2, -0.15) is 6.42 Å². The van der Waals surface area contributed by atoms with Crippen LogP contribution >= 0.6 is 0 Å². The van der Waals surface area contributed by atoms with E-state index in [1.165, 1.54) is 6.42 Å². The quantitative estimate of drug-likeness (QED) is 0.645. The molecule has 1 saturated heterocycles. The van der Waals surface area contributed by atoms with Crippen LogP contribution in [-0.2, 0) is 25.8 Å². The van der Waals surface area contributed by atoms with E-state index in [0.29, 0.717) is 0 Å². The van der Waals surface area contributed by atoms with Crippen LogP contribution in [0.4, 0.5) is 0 Å². The molecule has 0 amide bonds.